The lowest BCUT2D eigenvalue weighted by Gasteiger charge is -2.32. The molecule has 0 atom stereocenters. The van der Waals surface area contributed by atoms with E-state index in [1.165, 1.54) is 19.2 Å². The largest absolute Gasteiger partial charge is 0.492 e. The number of aromatic carboxylic acids is 1. The van der Waals surface area contributed by atoms with Gasteiger partial charge in [-0.1, -0.05) is 17.7 Å². The maximum Gasteiger partial charge on any atom is 0.492 e. The van der Waals surface area contributed by atoms with E-state index in [0.29, 0.717) is 11.0 Å². The number of pyridine rings is 1. The van der Waals surface area contributed by atoms with Gasteiger partial charge in [-0.2, -0.15) is 0 Å². The lowest BCUT2D eigenvalue weighted by Crippen LogP contribution is -2.41. The van der Waals surface area contributed by atoms with Crippen LogP contribution in [0.4, 0.5) is 0 Å². The average Bonchev–Trinajstić information content (AvgIpc) is 2.72. The van der Waals surface area contributed by atoms with Gasteiger partial charge in [0, 0.05) is 25.2 Å². The fourth-order valence-corrected chi connectivity index (χ4v) is 2.46. The summed E-state index contributed by atoms with van der Waals surface area (Å²) in [6, 6.07) is 1.41. The van der Waals surface area contributed by atoms with Crippen molar-refractivity contribution in [2.45, 2.75) is 45.8 Å². The Morgan fingerprint density at radius 1 is 1.31 bits per heavy atom. The predicted octanol–water partition coefficient (Wildman–Crippen LogP) is 2.58. The van der Waals surface area contributed by atoms with E-state index in [1.807, 2.05) is 27.7 Å². The molecule has 0 aromatic carbocycles. The Morgan fingerprint density at radius 2 is 1.88 bits per heavy atom. The quantitative estimate of drug-likeness (QED) is 0.602. The van der Waals surface area contributed by atoms with Crippen LogP contribution in [-0.4, -0.2) is 46.8 Å². The number of rotatable bonds is 5. The highest BCUT2D eigenvalue weighted by Crippen LogP contribution is 2.39. The van der Waals surface area contributed by atoms with Crippen LogP contribution in [0.2, 0.25) is 5.15 Å². The lowest BCUT2D eigenvalue weighted by molar-refractivity contribution is -0.118. The van der Waals surface area contributed by atoms with E-state index < -0.39 is 24.3 Å². The molecule has 1 aliphatic rings. The number of carboxylic acid groups (broad SMARTS) is 1. The molecule has 1 aromatic rings. The first-order chi connectivity index (χ1) is 11.9. The van der Waals surface area contributed by atoms with Crippen molar-refractivity contribution in [3.63, 3.8) is 0 Å². The molecule has 1 aliphatic heterocycles. The monoisotopic (exact) mass is 380 g/mol. The maximum atomic E-state index is 11.3. The molecule has 0 saturated carbocycles. The average molecular weight is 381 g/mol. The molecule has 7 nitrogen and oxygen atoms in total. The van der Waals surface area contributed by atoms with Crippen molar-refractivity contribution in [1.82, 2.24) is 10.3 Å². The van der Waals surface area contributed by atoms with Crippen LogP contribution in [0.1, 0.15) is 50.5 Å². The van der Waals surface area contributed by atoms with Crippen LogP contribution in [0.15, 0.2) is 17.7 Å². The number of carbonyl (C=O) groups is 2. The smallest absolute Gasteiger partial charge is 0.478 e. The van der Waals surface area contributed by atoms with Crippen LogP contribution in [0.25, 0.3) is 6.08 Å². The summed E-state index contributed by atoms with van der Waals surface area (Å²) in [5.74, 6) is -1.32. The van der Waals surface area contributed by atoms with Crippen LogP contribution >= 0.6 is 11.6 Å². The van der Waals surface area contributed by atoms with Crippen LogP contribution in [0.5, 0.6) is 0 Å². The van der Waals surface area contributed by atoms with Crippen molar-refractivity contribution < 1.29 is 24.0 Å². The summed E-state index contributed by atoms with van der Waals surface area (Å²) in [6.07, 6.45) is 2.82. The molecular weight excluding hydrogens is 358 g/mol. The topological polar surface area (TPSA) is 97.8 Å². The molecule has 0 radical (unpaired) electrons. The second kappa shape index (κ2) is 7.38. The fraction of sp³-hybridized carbons (Fsp3) is 0.471. The third-order valence-electron chi connectivity index (χ3n) is 4.55. The summed E-state index contributed by atoms with van der Waals surface area (Å²) in [6.45, 7) is 9.25. The highest BCUT2D eigenvalue weighted by atomic mass is 35.5. The number of nitrogens with zero attached hydrogens (tertiary/aromatic N) is 1. The zero-order valence-electron chi connectivity index (χ0n) is 15.4. The van der Waals surface area contributed by atoms with Crippen molar-refractivity contribution in [3.05, 3.63) is 34.0 Å². The van der Waals surface area contributed by atoms with E-state index in [-0.39, 0.29) is 23.2 Å². The van der Waals surface area contributed by atoms with Gasteiger partial charge in [-0.3, -0.25) is 4.79 Å². The Morgan fingerprint density at radius 3 is 2.38 bits per heavy atom. The number of nitrogens with one attached hydrogen (secondary N) is 1. The van der Waals surface area contributed by atoms with E-state index in [2.05, 4.69) is 10.3 Å². The van der Waals surface area contributed by atoms with Crippen molar-refractivity contribution in [3.8, 4) is 0 Å². The van der Waals surface area contributed by atoms with E-state index >= 15 is 0 Å². The molecule has 2 rings (SSSR count). The standard InChI is InChI=1S/C17H22BClN2O5/c1-10(22)20-9-13(18-25-16(2,3)17(4,5)26-18)7-11-6-12(15(23)24)8-21-14(11)19/h6-8H,9H2,1-5H3,(H,20,22)(H,23,24). The first-order valence-corrected chi connectivity index (χ1v) is 8.50. The maximum absolute atomic E-state index is 11.3. The highest BCUT2D eigenvalue weighted by molar-refractivity contribution is 6.56. The van der Waals surface area contributed by atoms with Gasteiger partial charge in [0.2, 0.25) is 5.91 Å². The summed E-state index contributed by atoms with van der Waals surface area (Å²) < 4.78 is 12.1. The Kier molecular flexibility index (Phi) is 5.80. The van der Waals surface area contributed by atoms with Crippen molar-refractivity contribution in [1.29, 1.82) is 0 Å². The Balaban J connectivity index is 2.42. The van der Waals surface area contributed by atoms with Crippen LogP contribution in [-0.2, 0) is 14.1 Å². The second-order valence-electron chi connectivity index (χ2n) is 7.13. The Bertz CT molecular complexity index is 748. The van der Waals surface area contributed by atoms with E-state index in [1.54, 1.807) is 6.08 Å². The van der Waals surface area contributed by atoms with Gasteiger partial charge in [-0.15, -0.1) is 0 Å². The summed E-state index contributed by atoms with van der Waals surface area (Å²) >= 11 is 6.11. The predicted molar refractivity (Wildman–Crippen MR) is 98.9 cm³/mol. The normalized spacial score (nSPS) is 18.7. The summed E-state index contributed by atoms with van der Waals surface area (Å²) in [4.78, 5) is 26.4. The van der Waals surface area contributed by atoms with Gasteiger partial charge in [-0.05, 0) is 39.2 Å². The van der Waals surface area contributed by atoms with Crippen molar-refractivity contribution >= 4 is 36.7 Å². The molecule has 2 heterocycles. The zero-order valence-corrected chi connectivity index (χ0v) is 16.2. The van der Waals surface area contributed by atoms with Gasteiger partial charge < -0.3 is 19.7 Å². The highest BCUT2D eigenvalue weighted by Gasteiger charge is 2.52. The number of carboxylic acids is 1. The molecule has 26 heavy (non-hydrogen) atoms. The van der Waals surface area contributed by atoms with Crippen LogP contribution < -0.4 is 5.32 Å². The summed E-state index contributed by atoms with van der Waals surface area (Å²) in [7, 11) is -0.712. The number of hydrogen-bond acceptors (Lipinski definition) is 5. The van der Waals surface area contributed by atoms with Gasteiger partial charge in [0.1, 0.15) is 5.15 Å². The molecule has 2 N–H and O–H groups in total. The van der Waals surface area contributed by atoms with E-state index in [0.717, 1.165) is 0 Å². The summed E-state index contributed by atoms with van der Waals surface area (Å²) in [5.41, 5.74) is -0.101. The minimum absolute atomic E-state index is 0.00782. The number of amides is 1. The zero-order chi connectivity index (χ0) is 19.7. The van der Waals surface area contributed by atoms with Crippen LogP contribution in [0, 0.1) is 0 Å². The number of aromatic nitrogens is 1. The molecule has 0 spiro atoms. The Hall–Kier alpha value is -1.90. The van der Waals surface area contributed by atoms with Gasteiger partial charge in [-0.25, -0.2) is 9.78 Å². The lowest BCUT2D eigenvalue weighted by atomic mass is 9.77. The summed E-state index contributed by atoms with van der Waals surface area (Å²) in [5, 5.41) is 12.0. The van der Waals surface area contributed by atoms with Gasteiger partial charge in [0.15, 0.2) is 0 Å². The van der Waals surface area contributed by atoms with Gasteiger partial charge >= 0.3 is 13.1 Å². The first kappa shape index (κ1) is 20.4. The molecule has 1 fully saturated rings. The molecule has 0 unspecified atom stereocenters. The molecule has 0 aliphatic carbocycles. The molecule has 140 valence electrons. The molecule has 1 saturated heterocycles. The van der Waals surface area contributed by atoms with E-state index in [4.69, 9.17) is 26.0 Å². The molecular formula is C17H22BClN2O5. The molecule has 1 amide bonds. The number of halogens is 1. The SMILES string of the molecule is CC(=O)NCC(=Cc1cc(C(=O)O)cnc1Cl)B1OC(C)(C)C(C)(C)O1. The minimum Gasteiger partial charge on any atom is -0.478 e. The molecule has 0 bridgehead atoms. The third kappa shape index (κ3) is 4.44. The van der Waals surface area contributed by atoms with Gasteiger partial charge in [0.05, 0.1) is 16.8 Å². The van der Waals surface area contributed by atoms with Crippen molar-refractivity contribution in [2.75, 3.05) is 6.54 Å². The fourth-order valence-electron chi connectivity index (χ4n) is 2.31. The van der Waals surface area contributed by atoms with Crippen molar-refractivity contribution in [2.24, 2.45) is 0 Å². The molecule has 9 heteroatoms. The third-order valence-corrected chi connectivity index (χ3v) is 4.87. The number of carbonyl (C=O) groups excluding carboxylic acids is 1. The Labute approximate surface area is 157 Å². The minimum atomic E-state index is -1.11. The van der Waals surface area contributed by atoms with Crippen LogP contribution in [0.3, 0.4) is 0 Å². The second-order valence-corrected chi connectivity index (χ2v) is 7.48. The first-order valence-electron chi connectivity index (χ1n) is 8.12. The van der Waals surface area contributed by atoms with E-state index in [9.17, 15) is 9.59 Å². The molecule has 1 aromatic heterocycles. The van der Waals surface area contributed by atoms with Gasteiger partial charge in [0.25, 0.3) is 0 Å². The number of hydrogen-bond donors (Lipinski definition) is 2.